The molecule has 2 amide bonds. The predicted octanol–water partition coefficient (Wildman–Crippen LogP) is 0.368. The predicted molar refractivity (Wildman–Crippen MR) is 67.3 cm³/mol. The highest BCUT2D eigenvalue weighted by Crippen LogP contribution is 2.33. The van der Waals surface area contributed by atoms with E-state index in [9.17, 15) is 14.4 Å². The average Bonchev–Trinajstić information content (AvgIpc) is 2.87. The Morgan fingerprint density at radius 2 is 2.05 bits per heavy atom. The van der Waals surface area contributed by atoms with Crippen molar-refractivity contribution in [2.75, 3.05) is 13.6 Å². The summed E-state index contributed by atoms with van der Waals surface area (Å²) in [6, 6.07) is 0. The van der Waals surface area contributed by atoms with Gasteiger partial charge in [0.2, 0.25) is 11.8 Å². The fourth-order valence-electron chi connectivity index (χ4n) is 3.09. The number of carbonyl (C=O) groups excluding carboxylic acids is 2. The van der Waals surface area contributed by atoms with E-state index in [0.717, 1.165) is 12.8 Å². The minimum Gasteiger partial charge on any atom is -0.481 e. The van der Waals surface area contributed by atoms with Crippen molar-refractivity contribution in [2.24, 2.45) is 5.92 Å². The first-order chi connectivity index (χ1) is 8.92. The zero-order chi connectivity index (χ0) is 14.0. The molecule has 1 saturated heterocycles. The van der Waals surface area contributed by atoms with Gasteiger partial charge in [0.25, 0.3) is 0 Å². The van der Waals surface area contributed by atoms with Gasteiger partial charge in [-0.25, -0.2) is 0 Å². The normalized spacial score (nSPS) is 25.6. The van der Waals surface area contributed by atoms with Crippen LogP contribution in [0.5, 0.6) is 0 Å². The molecule has 1 atom stereocenters. The van der Waals surface area contributed by atoms with Gasteiger partial charge in [-0.15, -0.1) is 0 Å². The van der Waals surface area contributed by atoms with Crippen LogP contribution in [0.1, 0.15) is 38.5 Å². The summed E-state index contributed by atoms with van der Waals surface area (Å²) >= 11 is 0. The van der Waals surface area contributed by atoms with Gasteiger partial charge in [-0.2, -0.15) is 0 Å². The lowest BCUT2D eigenvalue weighted by molar-refractivity contribution is -0.139. The Morgan fingerprint density at radius 1 is 1.42 bits per heavy atom. The molecule has 6 nitrogen and oxygen atoms in total. The van der Waals surface area contributed by atoms with E-state index in [1.54, 1.807) is 11.9 Å². The molecule has 1 saturated carbocycles. The highest BCUT2D eigenvalue weighted by molar-refractivity contribution is 5.89. The zero-order valence-corrected chi connectivity index (χ0v) is 11.1. The number of nitrogens with one attached hydrogen (secondary N) is 1. The van der Waals surface area contributed by atoms with Gasteiger partial charge in [0.05, 0.1) is 17.9 Å². The molecular weight excluding hydrogens is 248 g/mol. The average molecular weight is 268 g/mol. The smallest absolute Gasteiger partial charge is 0.305 e. The zero-order valence-electron chi connectivity index (χ0n) is 11.1. The van der Waals surface area contributed by atoms with Crippen LogP contribution in [-0.4, -0.2) is 46.9 Å². The Morgan fingerprint density at radius 3 is 2.53 bits per heavy atom. The van der Waals surface area contributed by atoms with E-state index in [0.29, 0.717) is 19.4 Å². The summed E-state index contributed by atoms with van der Waals surface area (Å²) in [7, 11) is 1.68. The summed E-state index contributed by atoms with van der Waals surface area (Å²) in [5.41, 5.74) is -0.604. The third kappa shape index (κ3) is 3.05. The van der Waals surface area contributed by atoms with Crippen LogP contribution in [0.4, 0.5) is 0 Å². The van der Waals surface area contributed by atoms with Crippen molar-refractivity contribution in [1.82, 2.24) is 10.2 Å². The fraction of sp³-hybridized carbons (Fsp3) is 0.769. The Bertz CT molecular complexity index is 401. The SMILES string of the molecule is CN1CC(C(=O)NC2(CC(=O)O)CCCC2)CC1=O. The molecule has 1 aliphatic carbocycles. The molecule has 2 N–H and O–H groups in total. The van der Waals surface area contributed by atoms with Crippen LogP contribution in [0.25, 0.3) is 0 Å². The van der Waals surface area contributed by atoms with Crippen molar-refractivity contribution in [3.05, 3.63) is 0 Å². The van der Waals surface area contributed by atoms with Gasteiger partial charge in [0, 0.05) is 20.0 Å². The summed E-state index contributed by atoms with van der Waals surface area (Å²) < 4.78 is 0. The quantitative estimate of drug-likeness (QED) is 0.771. The molecule has 0 spiro atoms. The van der Waals surface area contributed by atoms with Crippen LogP contribution in [0.15, 0.2) is 0 Å². The number of aliphatic carboxylic acids is 1. The number of rotatable bonds is 4. The van der Waals surface area contributed by atoms with Crippen LogP contribution in [0.2, 0.25) is 0 Å². The molecule has 19 heavy (non-hydrogen) atoms. The number of carboxylic acid groups (broad SMARTS) is 1. The molecule has 0 aromatic carbocycles. The molecule has 6 heteroatoms. The summed E-state index contributed by atoms with van der Waals surface area (Å²) in [4.78, 5) is 36.1. The summed E-state index contributed by atoms with van der Waals surface area (Å²) in [5.74, 6) is -1.44. The summed E-state index contributed by atoms with van der Waals surface area (Å²) in [6.45, 7) is 0.424. The number of hydrogen-bond acceptors (Lipinski definition) is 3. The molecule has 2 fully saturated rings. The van der Waals surface area contributed by atoms with Crippen molar-refractivity contribution < 1.29 is 19.5 Å². The van der Waals surface area contributed by atoms with Crippen molar-refractivity contribution >= 4 is 17.8 Å². The third-order valence-corrected chi connectivity index (χ3v) is 4.15. The molecule has 106 valence electrons. The number of carboxylic acids is 1. The van der Waals surface area contributed by atoms with E-state index in [2.05, 4.69) is 5.32 Å². The maximum atomic E-state index is 12.2. The lowest BCUT2D eigenvalue weighted by Crippen LogP contribution is -2.50. The van der Waals surface area contributed by atoms with E-state index in [1.807, 2.05) is 0 Å². The van der Waals surface area contributed by atoms with Crippen molar-refractivity contribution in [3.8, 4) is 0 Å². The van der Waals surface area contributed by atoms with Crippen LogP contribution >= 0.6 is 0 Å². The van der Waals surface area contributed by atoms with Gasteiger partial charge in [0.15, 0.2) is 0 Å². The second kappa shape index (κ2) is 5.19. The first-order valence-corrected chi connectivity index (χ1v) is 6.70. The largest absolute Gasteiger partial charge is 0.481 e. The minimum absolute atomic E-state index is 0.0288. The van der Waals surface area contributed by atoms with E-state index < -0.39 is 11.5 Å². The van der Waals surface area contributed by atoms with Crippen LogP contribution in [0, 0.1) is 5.92 Å². The van der Waals surface area contributed by atoms with Gasteiger partial charge >= 0.3 is 5.97 Å². The van der Waals surface area contributed by atoms with Crippen LogP contribution in [0.3, 0.4) is 0 Å². The molecule has 1 heterocycles. The lowest BCUT2D eigenvalue weighted by atomic mass is 9.92. The fourth-order valence-corrected chi connectivity index (χ4v) is 3.09. The van der Waals surface area contributed by atoms with Crippen LogP contribution in [-0.2, 0) is 14.4 Å². The first kappa shape index (κ1) is 13.8. The summed E-state index contributed by atoms with van der Waals surface area (Å²) in [6.07, 6.45) is 3.50. The Kier molecular flexibility index (Phi) is 3.78. The highest BCUT2D eigenvalue weighted by atomic mass is 16.4. The molecule has 2 aliphatic rings. The van der Waals surface area contributed by atoms with Gasteiger partial charge < -0.3 is 15.3 Å². The Balaban J connectivity index is 2.00. The second-order valence-corrected chi connectivity index (χ2v) is 5.72. The van der Waals surface area contributed by atoms with Gasteiger partial charge in [-0.1, -0.05) is 12.8 Å². The van der Waals surface area contributed by atoms with Crippen molar-refractivity contribution in [2.45, 2.75) is 44.1 Å². The topological polar surface area (TPSA) is 86.7 Å². The molecule has 1 unspecified atom stereocenters. The van der Waals surface area contributed by atoms with E-state index in [1.165, 1.54) is 0 Å². The monoisotopic (exact) mass is 268 g/mol. The lowest BCUT2D eigenvalue weighted by Gasteiger charge is -2.30. The van der Waals surface area contributed by atoms with E-state index in [4.69, 9.17) is 5.11 Å². The Labute approximate surface area is 112 Å². The van der Waals surface area contributed by atoms with Gasteiger partial charge in [-0.05, 0) is 12.8 Å². The second-order valence-electron chi connectivity index (χ2n) is 5.72. The number of nitrogens with zero attached hydrogens (tertiary/aromatic N) is 1. The molecular formula is C13H20N2O4. The number of carbonyl (C=O) groups is 3. The Hall–Kier alpha value is -1.59. The molecule has 0 radical (unpaired) electrons. The maximum absolute atomic E-state index is 12.2. The van der Waals surface area contributed by atoms with E-state index in [-0.39, 0.29) is 30.6 Å². The van der Waals surface area contributed by atoms with E-state index >= 15 is 0 Å². The van der Waals surface area contributed by atoms with Crippen molar-refractivity contribution in [3.63, 3.8) is 0 Å². The number of amides is 2. The number of likely N-dealkylation sites (tertiary alicyclic amines) is 1. The van der Waals surface area contributed by atoms with Gasteiger partial charge in [0.1, 0.15) is 0 Å². The molecule has 1 aliphatic heterocycles. The first-order valence-electron chi connectivity index (χ1n) is 6.70. The maximum Gasteiger partial charge on any atom is 0.305 e. The van der Waals surface area contributed by atoms with Crippen molar-refractivity contribution in [1.29, 1.82) is 0 Å². The molecule has 0 aromatic rings. The molecule has 0 bridgehead atoms. The van der Waals surface area contributed by atoms with Crippen LogP contribution < -0.4 is 5.32 Å². The third-order valence-electron chi connectivity index (χ3n) is 4.15. The minimum atomic E-state index is -0.887. The molecule has 2 rings (SSSR count). The molecule has 0 aromatic heterocycles. The van der Waals surface area contributed by atoms with Gasteiger partial charge in [-0.3, -0.25) is 14.4 Å². The number of hydrogen-bond donors (Lipinski definition) is 2. The summed E-state index contributed by atoms with van der Waals surface area (Å²) in [5, 5.41) is 11.9. The standard InChI is InChI=1S/C13H20N2O4/c1-15-8-9(6-10(15)16)12(19)14-13(7-11(17)18)4-2-3-5-13/h9H,2-8H2,1H3,(H,14,19)(H,17,18). The highest BCUT2D eigenvalue weighted by Gasteiger charge is 2.40.